The van der Waals surface area contributed by atoms with Crippen LogP contribution in [0, 0.1) is 0 Å². The molecule has 2 aromatic rings. The fourth-order valence-corrected chi connectivity index (χ4v) is 4.22. The number of para-hydroxylation sites is 1. The SMILES string of the molecule is COc1cccc(NC(=O)N[C@H]2CSc3ccccc3N(CC(=O)OC(C)(C)C)C2=O)c1. The number of anilines is 2. The number of ether oxygens (including phenoxy) is 2. The summed E-state index contributed by atoms with van der Waals surface area (Å²) in [5, 5.41) is 5.44. The summed E-state index contributed by atoms with van der Waals surface area (Å²) >= 11 is 1.44. The maximum atomic E-state index is 13.3. The predicted molar refractivity (Wildman–Crippen MR) is 124 cm³/mol. The molecule has 1 atom stereocenters. The number of thioether (sulfide) groups is 1. The molecule has 3 rings (SSSR count). The average Bonchev–Trinajstić information content (AvgIpc) is 2.85. The van der Waals surface area contributed by atoms with Gasteiger partial charge in [0.25, 0.3) is 5.91 Å². The van der Waals surface area contributed by atoms with Gasteiger partial charge in [0, 0.05) is 22.4 Å². The molecule has 0 unspecified atom stereocenters. The first-order valence-electron chi connectivity index (χ1n) is 10.1. The highest BCUT2D eigenvalue weighted by molar-refractivity contribution is 7.99. The zero-order valence-corrected chi connectivity index (χ0v) is 19.3. The van der Waals surface area contributed by atoms with E-state index in [4.69, 9.17) is 9.47 Å². The summed E-state index contributed by atoms with van der Waals surface area (Å²) in [5.74, 6) is 0.0239. The largest absolute Gasteiger partial charge is 0.497 e. The number of esters is 1. The summed E-state index contributed by atoms with van der Waals surface area (Å²) < 4.78 is 10.6. The molecule has 2 aromatic carbocycles. The second-order valence-corrected chi connectivity index (χ2v) is 9.23. The van der Waals surface area contributed by atoms with Crippen LogP contribution in [0.15, 0.2) is 53.4 Å². The molecule has 8 nitrogen and oxygen atoms in total. The lowest BCUT2D eigenvalue weighted by Crippen LogP contribution is -2.52. The van der Waals surface area contributed by atoms with Gasteiger partial charge in [0.15, 0.2) is 0 Å². The Balaban J connectivity index is 1.76. The van der Waals surface area contributed by atoms with E-state index in [9.17, 15) is 14.4 Å². The molecule has 1 heterocycles. The molecule has 32 heavy (non-hydrogen) atoms. The van der Waals surface area contributed by atoms with Gasteiger partial charge < -0.3 is 20.1 Å². The average molecular weight is 458 g/mol. The van der Waals surface area contributed by atoms with Gasteiger partial charge in [-0.1, -0.05) is 18.2 Å². The number of carbonyl (C=O) groups excluding carboxylic acids is 3. The van der Waals surface area contributed by atoms with E-state index in [1.165, 1.54) is 23.8 Å². The van der Waals surface area contributed by atoms with Gasteiger partial charge in [0.2, 0.25) is 0 Å². The van der Waals surface area contributed by atoms with Gasteiger partial charge in [-0.05, 0) is 45.0 Å². The van der Waals surface area contributed by atoms with Gasteiger partial charge in [-0.3, -0.25) is 14.5 Å². The number of benzene rings is 2. The lowest BCUT2D eigenvalue weighted by Gasteiger charge is -2.27. The quantitative estimate of drug-likeness (QED) is 0.665. The minimum absolute atomic E-state index is 0.247. The monoisotopic (exact) mass is 457 g/mol. The Kier molecular flexibility index (Phi) is 7.29. The van der Waals surface area contributed by atoms with Crippen LogP contribution in [-0.2, 0) is 14.3 Å². The molecule has 0 saturated carbocycles. The smallest absolute Gasteiger partial charge is 0.326 e. The van der Waals surface area contributed by atoms with E-state index in [0.717, 1.165) is 4.90 Å². The Bertz CT molecular complexity index is 1010. The Morgan fingerprint density at radius 1 is 1.16 bits per heavy atom. The first-order chi connectivity index (χ1) is 15.2. The Labute approximate surface area is 191 Å². The van der Waals surface area contributed by atoms with Crippen LogP contribution in [-0.4, -0.2) is 49.0 Å². The third kappa shape index (κ3) is 6.16. The first kappa shape index (κ1) is 23.5. The molecule has 3 amide bonds. The van der Waals surface area contributed by atoms with Crippen LogP contribution >= 0.6 is 11.8 Å². The number of hydrogen-bond acceptors (Lipinski definition) is 6. The molecule has 0 radical (unpaired) electrons. The van der Waals surface area contributed by atoms with Crippen molar-refractivity contribution in [3.8, 4) is 5.75 Å². The Hall–Kier alpha value is -3.20. The van der Waals surface area contributed by atoms with Gasteiger partial charge in [-0.15, -0.1) is 11.8 Å². The summed E-state index contributed by atoms with van der Waals surface area (Å²) in [6.07, 6.45) is 0. The number of nitrogens with zero attached hydrogens (tertiary/aromatic N) is 1. The lowest BCUT2D eigenvalue weighted by atomic mass is 10.2. The van der Waals surface area contributed by atoms with Crippen LogP contribution in [0.4, 0.5) is 16.2 Å². The molecule has 170 valence electrons. The summed E-state index contributed by atoms with van der Waals surface area (Å²) in [6.45, 7) is 5.06. The second-order valence-electron chi connectivity index (χ2n) is 8.17. The van der Waals surface area contributed by atoms with E-state index in [1.807, 2.05) is 12.1 Å². The fraction of sp³-hybridized carbons (Fsp3) is 0.348. The molecule has 1 aliphatic rings. The molecule has 0 aliphatic carbocycles. The second kappa shape index (κ2) is 9.95. The topological polar surface area (TPSA) is 97.0 Å². The molecular weight excluding hydrogens is 430 g/mol. The maximum Gasteiger partial charge on any atom is 0.326 e. The zero-order valence-electron chi connectivity index (χ0n) is 18.5. The van der Waals surface area contributed by atoms with E-state index in [1.54, 1.807) is 57.2 Å². The van der Waals surface area contributed by atoms with Crippen LogP contribution in [0.3, 0.4) is 0 Å². The Morgan fingerprint density at radius 3 is 2.62 bits per heavy atom. The summed E-state index contributed by atoms with van der Waals surface area (Å²) in [5.41, 5.74) is 0.476. The fourth-order valence-electron chi connectivity index (χ4n) is 3.15. The van der Waals surface area contributed by atoms with Crippen molar-refractivity contribution in [3.63, 3.8) is 0 Å². The van der Waals surface area contributed by atoms with Crippen LogP contribution in [0.25, 0.3) is 0 Å². The minimum atomic E-state index is -0.833. The molecule has 0 spiro atoms. The van der Waals surface area contributed by atoms with Crippen molar-refractivity contribution in [3.05, 3.63) is 48.5 Å². The van der Waals surface area contributed by atoms with Gasteiger partial charge in [-0.25, -0.2) is 4.79 Å². The van der Waals surface area contributed by atoms with Crippen molar-refractivity contribution < 1.29 is 23.9 Å². The number of rotatable bonds is 5. The van der Waals surface area contributed by atoms with Gasteiger partial charge in [0.1, 0.15) is 23.9 Å². The van der Waals surface area contributed by atoms with Crippen molar-refractivity contribution in [2.75, 3.05) is 29.6 Å². The number of fused-ring (bicyclic) bond motifs is 1. The molecule has 0 saturated heterocycles. The standard InChI is InChI=1S/C23H27N3O5S/c1-23(2,3)31-20(27)13-26-18-10-5-6-11-19(18)32-14-17(21(26)28)25-22(29)24-15-8-7-9-16(12-15)30-4/h5-12,17H,13-14H2,1-4H3,(H2,24,25,29)/t17-/m0/s1. The number of nitrogens with one attached hydrogen (secondary N) is 2. The van der Waals surface area contributed by atoms with E-state index >= 15 is 0 Å². The van der Waals surface area contributed by atoms with Crippen molar-refractivity contribution in [2.45, 2.75) is 37.3 Å². The van der Waals surface area contributed by atoms with E-state index in [0.29, 0.717) is 22.9 Å². The highest BCUT2D eigenvalue weighted by Crippen LogP contribution is 2.34. The number of carbonyl (C=O) groups is 3. The highest BCUT2D eigenvalue weighted by atomic mass is 32.2. The number of amides is 3. The first-order valence-corrected chi connectivity index (χ1v) is 11.1. The van der Waals surface area contributed by atoms with Gasteiger partial charge in [0.05, 0.1) is 12.8 Å². The Morgan fingerprint density at radius 2 is 1.91 bits per heavy atom. The highest BCUT2D eigenvalue weighted by Gasteiger charge is 2.34. The van der Waals surface area contributed by atoms with Crippen LogP contribution < -0.4 is 20.3 Å². The van der Waals surface area contributed by atoms with Gasteiger partial charge >= 0.3 is 12.0 Å². The predicted octanol–water partition coefficient (Wildman–Crippen LogP) is 3.67. The van der Waals surface area contributed by atoms with Crippen LogP contribution in [0.2, 0.25) is 0 Å². The maximum absolute atomic E-state index is 13.3. The number of hydrogen-bond donors (Lipinski definition) is 2. The third-order valence-electron chi connectivity index (χ3n) is 4.47. The molecule has 9 heteroatoms. The summed E-state index contributed by atoms with van der Waals surface area (Å²) in [6, 6.07) is 12.9. The molecule has 2 N–H and O–H groups in total. The molecule has 0 bridgehead atoms. The van der Waals surface area contributed by atoms with Crippen molar-refractivity contribution in [1.29, 1.82) is 0 Å². The number of methoxy groups -OCH3 is 1. The van der Waals surface area contributed by atoms with Gasteiger partial charge in [-0.2, -0.15) is 0 Å². The molecule has 0 aromatic heterocycles. The number of urea groups is 1. The third-order valence-corrected chi connectivity index (χ3v) is 5.62. The summed E-state index contributed by atoms with van der Waals surface area (Å²) in [7, 11) is 1.54. The minimum Gasteiger partial charge on any atom is -0.497 e. The van der Waals surface area contributed by atoms with Crippen molar-refractivity contribution >= 4 is 41.0 Å². The van der Waals surface area contributed by atoms with Crippen molar-refractivity contribution in [1.82, 2.24) is 5.32 Å². The molecule has 0 fully saturated rings. The van der Waals surface area contributed by atoms with E-state index < -0.39 is 23.6 Å². The van der Waals surface area contributed by atoms with E-state index in [-0.39, 0.29) is 12.5 Å². The molecule has 1 aliphatic heterocycles. The zero-order chi connectivity index (χ0) is 23.3. The molecular formula is C23H27N3O5S. The summed E-state index contributed by atoms with van der Waals surface area (Å²) in [4.78, 5) is 40.6. The van der Waals surface area contributed by atoms with E-state index in [2.05, 4.69) is 10.6 Å². The normalized spacial score (nSPS) is 15.9. The lowest BCUT2D eigenvalue weighted by molar-refractivity contribution is -0.153. The van der Waals surface area contributed by atoms with Crippen LogP contribution in [0.5, 0.6) is 5.75 Å². The van der Waals surface area contributed by atoms with Crippen molar-refractivity contribution in [2.24, 2.45) is 0 Å². The van der Waals surface area contributed by atoms with Crippen LogP contribution in [0.1, 0.15) is 20.8 Å².